The van der Waals surface area contributed by atoms with Gasteiger partial charge in [0.15, 0.2) is 9.84 Å². The zero-order valence-electron chi connectivity index (χ0n) is 11.5. The third kappa shape index (κ3) is 2.93. The minimum Gasteiger partial charge on any atom is -0.381 e. The number of hydrogen-bond acceptors (Lipinski definition) is 4. The van der Waals surface area contributed by atoms with E-state index in [1.165, 1.54) is 12.3 Å². The van der Waals surface area contributed by atoms with Gasteiger partial charge in [-0.25, -0.2) is 12.8 Å². The van der Waals surface area contributed by atoms with Crippen LogP contribution in [0.3, 0.4) is 0 Å². The van der Waals surface area contributed by atoms with Gasteiger partial charge in [-0.3, -0.25) is 0 Å². The predicted molar refractivity (Wildman–Crippen MR) is 75.7 cm³/mol. The molecule has 1 aliphatic rings. The largest absolute Gasteiger partial charge is 0.381 e. The number of benzene rings is 1. The first kappa shape index (κ1) is 14.8. The highest BCUT2D eigenvalue weighted by Crippen LogP contribution is 2.30. The normalized spacial score (nSPS) is 22.5. The second-order valence-electron chi connectivity index (χ2n) is 5.29. The van der Waals surface area contributed by atoms with E-state index < -0.39 is 20.9 Å². The summed E-state index contributed by atoms with van der Waals surface area (Å²) in [5.74, 6) is -0.458. The van der Waals surface area contributed by atoms with E-state index >= 15 is 0 Å². The molecule has 108 valence electrons. The predicted octanol–water partition coefficient (Wildman–Crippen LogP) is 2.38. The number of sulfone groups is 1. The molecule has 1 aromatic rings. The Kier molecular flexibility index (Phi) is 4.00. The topological polar surface area (TPSA) is 70.0 Å². The molecule has 0 heterocycles. The lowest BCUT2D eigenvalue weighted by Gasteiger charge is -2.22. The van der Waals surface area contributed by atoms with Crippen molar-refractivity contribution >= 4 is 15.5 Å². The third-order valence-electron chi connectivity index (χ3n) is 3.82. The molecule has 0 radical (unpaired) electrons. The Bertz CT molecular complexity index is 664. The van der Waals surface area contributed by atoms with E-state index in [4.69, 9.17) is 5.26 Å². The summed E-state index contributed by atoms with van der Waals surface area (Å²) in [6.07, 6.45) is 3.41. The molecule has 1 N–H and O–H groups in total. The Balaban J connectivity index is 2.31. The van der Waals surface area contributed by atoms with Gasteiger partial charge in [-0.2, -0.15) is 5.26 Å². The molecular weight excluding hydrogens is 279 g/mol. The van der Waals surface area contributed by atoms with E-state index in [-0.39, 0.29) is 11.6 Å². The van der Waals surface area contributed by atoms with Gasteiger partial charge in [-0.1, -0.05) is 0 Å². The molecule has 2 rings (SSSR count). The van der Waals surface area contributed by atoms with Crippen LogP contribution in [0.5, 0.6) is 0 Å². The minimum absolute atomic E-state index is 0.225. The maximum atomic E-state index is 13.7. The summed E-state index contributed by atoms with van der Waals surface area (Å²) >= 11 is 0. The maximum Gasteiger partial charge on any atom is 0.152 e. The van der Waals surface area contributed by atoms with Crippen LogP contribution >= 0.6 is 0 Å². The quantitative estimate of drug-likeness (QED) is 0.929. The highest BCUT2D eigenvalue weighted by atomic mass is 32.2. The van der Waals surface area contributed by atoms with Crippen LogP contribution in [0, 0.1) is 24.1 Å². The zero-order valence-corrected chi connectivity index (χ0v) is 12.3. The van der Waals surface area contributed by atoms with Gasteiger partial charge in [0.1, 0.15) is 5.82 Å². The summed E-state index contributed by atoms with van der Waals surface area (Å²) in [7, 11) is -3.13. The van der Waals surface area contributed by atoms with Gasteiger partial charge in [0.05, 0.1) is 16.9 Å². The second kappa shape index (κ2) is 5.41. The van der Waals surface area contributed by atoms with E-state index in [0.29, 0.717) is 17.7 Å². The monoisotopic (exact) mass is 296 g/mol. The standard InChI is InChI=1S/C14H17FN2O2S/c1-9-11(15)6-10(8-16)7-13(9)17-12-4-3-5-14(12)20(2,18)19/h6-7,12,14,17H,3-5H2,1-2H3. The average molecular weight is 296 g/mol. The Morgan fingerprint density at radius 3 is 2.70 bits per heavy atom. The van der Waals surface area contributed by atoms with Crippen LogP contribution in [0.4, 0.5) is 10.1 Å². The van der Waals surface area contributed by atoms with Crippen LogP contribution in [-0.2, 0) is 9.84 Å². The van der Waals surface area contributed by atoms with E-state index in [9.17, 15) is 12.8 Å². The van der Waals surface area contributed by atoms with Crippen molar-refractivity contribution in [3.63, 3.8) is 0 Å². The molecule has 0 aromatic heterocycles. The van der Waals surface area contributed by atoms with Gasteiger partial charge in [0.25, 0.3) is 0 Å². The molecule has 1 aromatic carbocycles. The molecule has 6 heteroatoms. The van der Waals surface area contributed by atoms with Crippen molar-refractivity contribution < 1.29 is 12.8 Å². The summed E-state index contributed by atoms with van der Waals surface area (Å²) in [4.78, 5) is 0. The molecule has 0 spiro atoms. The lowest BCUT2D eigenvalue weighted by Crippen LogP contribution is -2.34. The number of rotatable bonds is 3. The van der Waals surface area contributed by atoms with Crippen molar-refractivity contribution in [1.82, 2.24) is 0 Å². The van der Waals surface area contributed by atoms with Gasteiger partial charge < -0.3 is 5.32 Å². The number of anilines is 1. The van der Waals surface area contributed by atoms with Gasteiger partial charge >= 0.3 is 0 Å². The third-order valence-corrected chi connectivity index (χ3v) is 5.48. The fourth-order valence-electron chi connectivity index (χ4n) is 2.70. The summed E-state index contributed by atoms with van der Waals surface area (Å²) in [5.41, 5.74) is 1.13. The van der Waals surface area contributed by atoms with Crippen LogP contribution in [0.2, 0.25) is 0 Å². The highest BCUT2D eigenvalue weighted by molar-refractivity contribution is 7.91. The van der Waals surface area contributed by atoms with Gasteiger partial charge in [0.2, 0.25) is 0 Å². The minimum atomic E-state index is -3.13. The van der Waals surface area contributed by atoms with Gasteiger partial charge in [0, 0.05) is 23.5 Å². The van der Waals surface area contributed by atoms with Crippen molar-refractivity contribution in [3.05, 3.63) is 29.1 Å². The molecule has 0 bridgehead atoms. The molecule has 2 atom stereocenters. The summed E-state index contributed by atoms with van der Waals surface area (Å²) in [6.45, 7) is 1.61. The van der Waals surface area contributed by atoms with Crippen LogP contribution in [0.25, 0.3) is 0 Å². The fourth-order valence-corrected chi connectivity index (χ4v) is 4.09. The number of hydrogen-bond donors (Lipinski definition) is 1. The first-order chi connectivity index (χ1) is 9.32. The van der Waals surface area contributed by atoms with Crippen molar-refractivity contribution in [2.24, 2.45) is 0 Å². The number of nitriles is 1. The molecular formula is C14H17FN2O2S. The Morgan fingerprint density at radius 1 is 1.40 bits per heavy atom. The molecule has 2 unspecified atom stereocenters. The summed E-state index contributed by atoms with van der Waals surface area (Å²) in [5, 5.41) is 11.5. The van der Waals surface area contributed by atoms with Gasteiger partial charge in [-0.15, -0.1) is 0 Å². The number of nitrogens with one attached hydrogen (secondary N) is 1. The molecule has 0 aliphatic heterocycles. The SMILES string of the molecule is Cc1c(F)cc(C#N)cc1NC1CCCC1S(C)(=O)=O. The molecule has 0 amide bonds. The van der Waals surface area contributed by atoms with E-state index in [1.807, 2.05) is 6.07 Å². The molecule has 1 saturated carbocycles. The number of halogens is 1. The van der Waals surface area contributed by atoms with Crippen LogP contribution < -0.4 is 5.32 Å². The smallest absolute Gasteiger partial charge is 0.152 e. The first-order valence-electron chi connectivity index (χ1n) is 6.48. The average Bonchev–Trinajstić information content (AvgIpc) is 2.82. The Hall–Kier alpha value is -1.61. The van der Waals surface area contributed by atoms with Crippen molar-refractivity contribution in [1.29, 1.82) is 5.26 Å². The molecule has 1 aliphatic carbocycles. The fraction of sp³-hybridized carbons (Fsp3) is 0.500. The van der Waals surface area contributed by atoms with E-state index in [1.54, 1.807) is 13.0 Å². The molecule has 4 nitrogen and oxygen atoms in total. The Morgan fingerprint density at radius 2 is 2.10 bits per heavy atom. The Labute approximate surface area is 118 Å². The lowest BCUT2D eigenvalue weighted by atomic mass is 10.1. The van der Waals surface area contributed by atoms with Crippen molar-refractivity contribution in [3.8, 4) is 6.07 Å². The summed E-state index contributed by atoms with van der Waals surface area (Å²) in [6, 6.07) is 4.43. The number of nitrogens with zero attached hydrogens (tertiary/aromatic N) is 1. The lowest BCUT2D eigenvalue weighted by molar-refractivity contribution is 0.579. The van der Waals surface area contributed by atoms with Crippen molar-refractivity contribution in [2.75, 3.05) is 11.6 Å². The summed E-state index contributed by atoms with van der Waals surface area (Å²) < 4.78 is 37.2. The molecule has 0 saturated heterocycles. The molecule has 1 fully saturated rings. The van der Waals surface area contributed by atoms with Gasteiger partial charge in [-0.05, 0) is 38.3 Å². The van der Waals surface area contributed by atoms with E-state index in [0.717, 1.165) is 12.8 Å². The molecule has 20 heavy (non-hydrogen) atoms. The maximum absolute atomic E-state index is 13.7. The second-order valence-corrected chi connectivity index (χ2v) is 7.56. The van der Waals surface area contributed by atoms with Crippen LogP contribution in [0.15, 0.2) is 12.1 Å². The van der Waals surface area contributed by atoms with Crippen LogP contribution in [-0.4, -0.2) is 26.0 Å². The highest BCUT2D eigenvalue weighted by Gasteiger charge is 2.35. The van der Waals surface area contributed by atoms with Crippen LogP contribution in [0.1, 0.15) is 30.4 Å². The first-order valence-corrected chi connectivity index (χ1v) is 8.44. The van der Waals surface area contributed by atoms with E-state index in [2.05, 4.69) is 5.32 Å². The van der Waals surface area contributed by atoms with Crippen molar-refractivity contribution in [2.45, 2.75) is 37.5 Å². The zero-order chi connectivity index (χ0) is 14.9.